The standard InChI is InChI=1S/C21H22FN3O2/c1-14-4-6-16(7-5-14)20-19(21(26)23-15(2)13-27-3)12-25(24-20)18-10-8-17(22)9-11-18/h4-12,15H,13H2,1-3H3,(H,23,26). The van der Waals surface area contributed by atoms with Gasteiger partial charge in [-0.1, -0.05) is 29.8 Å². The SMILES string of the molecule is COCC(C)NC(=O)c1cn(-c2ccc(F)cc2)nc1-c1ccc(C)cc1. The summed E-state index contributed by atoms with van der Waals surface area (Å²) < 4.78 is 19.9. The van der Waals surface area contributed by atoms with Gasteiger partial charge in [-0.15, -0.1) is 0 Å². The van der Waals surface area contributed by atoms with Crippen LogP contribution < -0.4 is 5.32 Å². The maximum atomic E-state index is 13.2. The molecular formula is C21H22FN3O2. The van der Waals surface area contributed by atoms with E-state index in [4.69, 9.17) is 4.74 Å². The molecule has 0 fully saturated rings. The molecule has 3 aromatic rings. The Morgan fingerprint density at radius 3 is 2.48 bits per heavy atom. The monoisotopic (exact) mass is 367 g/mol. The molecule has 0 aliphatic heterocycles. The van der Waals surface area contributed by atoms with Crippen molar-refractivity contribution in [3.63, 3.8) is 0 Å². The van der Waals surface area contributed by atoms with Crippen molar-refractivity contribution >= 4 is 5.91 Å². The number of hydrogen-bond donors (Lipinski definition) is 1. The molecule has 0 spiro atoms. The third-order valence-corrected chi connectivity index (χ3v) is 4.17. The van der Waals surface area contributed by atoms with Gasteiger partial charge in [0.25, 0.3) is 5.91 Å². The highest BCUT2D eigenvalue weighted by atomic mass is 19.1. The summed E-state index contributed by atoms with van der Waals surface area (Å²) in [5.41, 5.74) is 3.66. The van der Waals surface area contributed by atoms with E-state index in [9.17, 15) is 9.18 Å². The lowest BCUT2D eigenvalue weighted by atomic mass is 10.1. The molecule has 6 heteroatoms. The Morgan fingerprint density at radius 2 is 1.85 bits per heavy atom. The second-order valence-electron chi connectivity index (χ2n) is 6.51. The molecule has 140 valence electrons. The van der Waals surface area contributed by atoms with Gasteiger partial charge >= 0.3 is 0 Å². The zero-order valence-electron chi connectivity index (χ0n) is 15.6. The molecule has 1 N–H and O–H groups in total. The molecule has 0 saturated carbocycles. The molecule has 0 radical (unpaired) electrons. The van der Waals surface area contributed by atoms with Gasteiger partial charge in [0, 0.05) is 24.9 Å². The van der Waals surface area contributed by atoms with Crippen molar-refractivity contribution in [2.24, 2.45) is 0 Å². The molecule has 1 aromatic heterocycles. The molecule has 2 aromatic carbocycles. The van der Waals surface area contributed by atoms with Crippen molar-refractivity contribution in [1.82, 2.24) is 15.1 Å². The fourth-order valence-corrected chi connectivity index (χ4v) is 2.78. The molecule has 0 bridgehead atoms. The predicted molar refractivity (Wildman–Crippen MR) is 102 cm³/mol. The van der Waals surface area contributed by atoms with E-state index in [0.29, 0.717) is 23.6 Å². The Labute approximate surface area is 157 Å². The Balaban J connectivity index is 2.02. The highest BCUT2D eigenvalue weighted by molar-refractivity contribution is 6.00. The molecule has 5 nitrogen and oxygen atoms in total. The van der Waals surface area contributed by atoms with Crippen molar-refractivity contribution in [3.05, 3.63) is 71.7 Å². The zero-order valence-corrected chi connectivity index (χ0v) is 15.6. The van der Waals surface area contributed by atoms with Gasteiger partial charge in [0.1, 0.15) is 11.5 Å². The first-order valence-electron chi connectivity index (χ1n) is 8.70. The molecule has 1 unspecified atom stereocenters. The summed E-state index contributed by atoms with van der Waals surface area (Å²) in [6, 6.07) is 13.6. The molecule has 0 saturated heterocycles. The van der Waals surface area contributed by atoms with Gasteiger partial charge in [-0.05, 0) is 38.1 Å². The first-order valence-corrected chi connectivity index (χ1v) is 8.70. The number of nitrogens with one attached hydrogen (secondary N) is 1. The average Bonchev–Trinajstić information content (AvgIpc) is 3.08. The fraction of sp³-hybridized carbons (Fsp3) is 0.238. The van der Waals surface area contributed by atoms with Crippen LogP contribution in [-0.2, 0) is 4.74 Å². The van der Waals surface area contributed by atoms with E-state index in [-0.39, 0.29) is 17.8 Å². The smallest absolute Gasteiger partial charge is 0.255 e. The van der Waals surface area contributed by atoms with Crippen LogP contribution in [0.2, 0.25) is 0 Å². The van der Waals surface area contributed by atoms with Gasteiger partial charge in [0.05, 0.1) is 17.9 Å². The van der Waals surface area contributed by atoms with E-state index in [1.807, 2.05) is 38.1 Å². The Hall–Kier alpha value is -2.99. The number of methoxy groups -OCH3 is 1. The van der Waals surface area contributed by atoms with E-state index < -0.39 is 0 Å². The van der Waals surface area contributed by atoms with Crippen LogP contribution in [0.15, 0.2) is 54.7 Å². The molecule has 0 aliphatic rings. The number of aromatic nitrogens is 2. The second-order valence-corrected chi connectivity index (χ2v) is 6.51. The number of hydrogen-bond acceptors (Lipinski definition) is 3. The third-order valence-electron chi connectivity index (χ3n) is 4.17. The van der Waals surface area contributed by atoms with Gasteiger partial charge in [-0.3, -0.25) is 4.79 Å². The Morgan fingerprint density at radius 1 is 1.19 bits per heavy atom. The minimum Gasteiger partial charge on any atom is -0.383 e. The predicted octanol–water partition coefficient (Wildman–Crippen LogP) is 3.75. The Bertz CT molecular complexity index is 918. The van der Waals surface area contributed by atoms with Gasteiger partial charge in [0.2, 0.25) is 0 Å². The summed E-state index contributed by atoms with van der Waals surface area (Å²) >= 11 is 0. The van der Waals surface area contributed by atoms with Crippen LogP contribution in [0, 0.1) is 12.7 Å². The lowest BCUT2D eigenvalue weighted by molar-refractivity contribution is 0.0906. The lowest BCUT2D eigenvalue weighted by Gasteiger charge is -2.12. The first-order chi connectivity index (χ1) is 13.0. The number of aryl methyl sites for hydroxylation is 1. The maximum absolute atomic E-state index is 13.2. The van der Waals surface area contributed by atoms with Gasteiger partial charge < -0.3 is 10.1 Å². The summed E-state index contributed by atoms with van der Waals surface area (Å²) in [5.74, 6) is -0.556. The van der Waals surface area contributed by atoms with Crippen LogP contribution in [0.4, 0.5) is 4.39 Å². The van der Waals surface area contributed by atoms with Gasteiger partial charge in [-0.2, -0.15) is 5.10 Å². The second kappa shape index (κ2) is 8.14. The highest BCUT2D eigenvalue weighted by Gasteiger charge is 2.20. The summed E-state index contributed by atoms with van der Waals surface area (Å²) in [6.07, 6.45) is 1.66. The summed E-state index contributed by atoms with van der Waals surface area (Å²) in [4.78, 5) is 12.8. The third kappa shape index (κ3) is 4.41. The van der Waals surface area contributed by atoms with E-state index in [2.05, 4.69) is 10.4 Å². The van der Waals surface area contributed by atoms with Gasteiger partial charge in [0.15, 0.2) is 0 Å². The van der Waals surface area contributed by atoms with Crippen LogP contribution in [0.5, 0.6) is 0 Å². The number of nitrogens with zero attached hydrogens (tertiary/aromatic N) is 2. The molecule has 1 amide bonds. The minimum atomic E-state index is -0.323. The number of rotatable bonds is 6. The van der Waals surface area contributed by atoms with Crippen molar-refractivity contribution in [2.45, 2.75) is 19.9 Å². The topological polar surface area (TPSA) is 56.1 Å². The minimum absolute atomic E-state index is 0.137. The van der Waals surface area contributed by atoms with Gasteiger partial charge in [-0.25, -0.2) is 9.07 Å². The maximum Gasteiger partial charge on any atom is 0.255 e. The van der Waals surface area contributed by atoms with Crippen LogP contribution in [0.1, 0.15) is 22.8 Å². The number of benzene rings is 2. The summed E-state index contributed by atoms with van der Waals surface area (Å²) in [5, 5.41) is 7.50. The van der Waals surface area contributed by atoms with E-state index >= 15 is 0 Å². The van der Waals surface area contributed by atoms with Crippen LogP contribution in [-0.4, -0.2) is 35.4 Å². The van der Waals surface area contributed by atoms with Crippen molar-refractivity contribution in [2.75, 3.05) is 13.7 Å². The molecule has 1 heterocycles. The number of amides is 1. The molecule has 3 rings (SSSR count). The largest absolute Gasteiger partial charge is 0.383 e. The molecule has 0 aliphatic carbocycles. The van der Waals surface area contributed by atoms with Crippen molar-refractivity contribution < 1.29 is 13.9 Å². The van der Waals surface area contributed by atoms with Crippen LogP contribution in [0.25, 0.3) is 16.9 Å². The van der Waals surface area contributed by atoms with Crippen molar-refractivity contribution in [1.29, 1.82) is 0 Å². The summed E-state index contributed by atoms with van der Waals surface area (Å²) in [7, 11) is 1.59. The molecular weight excluding hydrogens is 345 g/mol. The number of carbonyl (C=O) groups is 1. The summed E-state index contributed by atoms with van der Waals surface area (Å²) in [6.45, 7) is 4.29. The average molecular weight is 367 g/mol. The normalized spacial score (nSPS) is 12.0. The van der Waals surface area contributed by atoms with Crippen LogP contribution in [0.3, 0.4) is 0 Å². The van der Waals surface area contributed by atoms with E-state index in [1.165, 1.54) is 12.1 Å². The number of ether oxygens (including phenoxy) is 1. The highest BCUT2D eigenvalue weighted by Crippen LogP contribution is 2.24. The van der Waals surface area contributed by atoms with E-state index in [0.717, 1.165) is 11.1 Å². The first kappa shape index (κ1) is 18.8. The lowest BCUT2D eigenvalue weighted by Crippen LogP contribution is -2.35. The zero-order chi connectivity index (χ0) is 19.4. The molecule has 1 atom stereocenters. The molecule has 27 heavy (non-hydrogen) atoms. The Kier molecular flexibility index (Phi) is 5.66. The van der Waals surface area contributed by atoms with E-state index in [1.54, 1.807) is 30.1 Å². The number of carbonyl (C=O) groups excluding carboxylic acids is 1. The quantitative estimate of drug-likeness (QED) is 0.722. The van der Waals surface area contributed by atoms with Crippen molar-refractivity contribution in [3.8, 4) is 16.9 Å². The van der Waals surface area contributed by atoms with Crippen LogP contribution >= 0.6 is 0 Å². The fourth-order valence-electron chi connectivity index (χ4n) is 2.78. The number of halogens is 1.